The number of rotatable bonds is 7. The molecule has 7 nitrogen and oxygen atoms in total. The zero-order chi connectivity index (χ0) is 22.5. The second-order valence-electron chi connectivity index (χ2n) is 8.08. The molecule has 1 fully saturated rings. The number of hydrogen-bond donors (Lipinski definition) is 0. The number of benzene rings is 2. The summed E-state index contributed by atoms with van der Waals surface area (Å²) in [4.78, 5) is 21.6. The first kappa shape index (κ1) is 22.5. The van der Waals surface area contributed by atoms with E-state index in [2.05, 4.69) is 31.0 Å². The average molecular weight is 499 g/mol. The Morgan fingerprint density at radius 3 is 2.62 bits per heavy atom. The fourth-order valence-corrected chi connectivity index (χ4v) is 4.31. The topological polar surface area (TPSA) is 71.7 Å². The number of methoxy groups -OCH3 is 1. The highest BCUT2D eigenvalue weighted by Gasteiger charge is 2.28. The molecule has 0 bridgehead atoms. The SMILES string of the molecule is COc1ccccc1CN(C)C(=O)C1CCN(Cc2nc(-c3ccc(Br)cc3)no2)CC1. The lowest BCUT2D eigenvalue weighted by Gasteiger charge is -2.32. The van der Waals surface area contributed by atoms with Gasteiger partial charge in [0.1, 0.15) is 5.75 Å². The summed E-state index contributed by atoms with van der Waals surface area (Å²) in [7, 11) is 3.52. The van der Waals surface area contributed by atoms with Crippen LogP contribution in [0.4, 0.5) is 0 Å². The molecule has 2 aromatic carbocycles. The van der Waals surface area contributed by atoms with Crippen molar-refractivity contribution in [2.24, 2.45) is 5.92 Å². The Morgan fingerprint density at radius 2 is 1.91 bits per heavy atom. The van der Waals surface area contributed by atoms with Gasteiger partial charge >= 0.3 is 0 Å². The van der Waals surface area contributed by atoms with Crippen LogP contribution >= 0.6 is 15.9 Å². The van der Waals surface area contributed by atoms with E-state index in [0.717, 1.165) is 47.3 Å². The number of ether oxygens (including phenoxy) is 1. The number of carbonyl (C=O) groups is 1. The van der Waals surface area contributed by atoms with Gasteiger partial charge in [0.05, 0.1) is 13.7 Å². The zero-order valence-electron chi connectivity index (χ0n) is 18.3. The van der Waals surface area contributed by atoms with Crippen LogP contribution in [-0.4, -0.2) is 53.1 Å². The summed E-state index contributed by atoms with van der Waals surface area (Å²) in [6, 6.07) is 15.6. The van der Waals surface area contributed by atoms with Crippen molar-refractivity contribution in [1.82, 2.24) is 19.9 Å². The fourth-order valence-electron chi connectivity index (χ4n) is 4.04. The Balaban J connectivity index is 1.28. The Hall–Kier alpha value is -2.71. The first-order valence-electron chi connectivity index (χ1n) is 10.7. The molecule has 0 aliphatic carbocycles. The van der Waals surface area contributed by atoms with E-state index < -0.39 is 0 Å². The Labute approximate surface area is 196 Å². The normalized spacial score (nSPS) is 15.0. The van der Waals surface area contributed by atoms with Gasteiger partial charge in [-0.25, -0.2) is 0 Å². The number of halogens is 1. The number of amides is 1. The smallest absolute Gasteiger partial charge is 0.241 e. The number of piperidine rings is 1. The van der Waals surface area contributed by atoms with Gasteiger partial charge in [0, 0.05) is 35.1 Å². The van der Waals surface area contributed by atoms with Gasteiger partial charge in [0.15, 0.2) is 0 Å². The predicted molar refractivity (Wildman–Crippen MR) is 125 cm³/mol. The van der Waals surface area contributed by atoms with Crippen LogP contribution < -0.4 is 4.74 Å². The number of aromatic nitrogens is 2. The molecule has 1 saturated heterocycles. The highest BCUT2D eigenvalue weighted by molar-refractivity contribution is 9.10. The van der Waals surface area contributed by atoms with Crippen molar-refractivity contribution in [3.8, 4) is 17.1 Å². The molecule has 1 aliphatic rings. The van der Waals surface area contributed by atoms with Crippen molar-refractivity contribution in [2.45, 2.75) is 25.9 Å². The zero-order valence-corrected chi connectivity index (χ0v) is 19.9. The van der Waals surface area contributed by atoms with Crippen LogP contribution in [0, 0.1) is 5.92 Å². The summed E-state index contributed by atoms with van der Waals surface area (Å²) >= 11 is 3.43. The van der Waals surface area contributed by atoms with E-state index in [1.54, 1.807) is 12.0 Å². The van der Waals surface area contributed by atoms with Crippen LogP contribution in [-0.2, 0) is 17.9 Å². The van der Waals surface area contributed by atoms with E-state index in [0.29, 0.717) is 24.8 Å². The Morgan fingerprint density at radius 1 is 1.19 bits per heavy atom. The number of carbonyl (C=O) groups excluding carboxylic acids is 1. The molecule has 0 spiro atoms. The molecule has 1 aliphatic heterocycles. The molecule has 1 amide bonds. The third-order valence-electron chi connectivity index (χ3n) is 5.84. The second kappa shape index (κ2) is 10.3. The quantitative estimate of drug-likeness (QED) is 0.481. The monoisotopic (exact) mass is 498 g/mol. The van der Waals surface area contributed by atoms with Crippen LogP contribution in [0.25, 0.3) is 11.4 Å². The first-order valence-corrected chi connectivity index (χ1v) is 11.5. The average Bonchev–Trinajstić information content (AvgIpc) is 3.28. The van der Waals surface area contributed by atoms with Crippen LogP contribution in [0.15, 0.2) is 57.5 Å². The van der Waals surface area contributed by atoms with Gasteiger partial charge in [-0.05, 0) is 56.3 Å². The van der Waals surface area contributed by atoms with Crippen molar-refractivity contribution in [1.29, 1.82) is 0 Å². The molecule has 0 atom stereocenters. The van der Waals surface area contributed by atoms with Gasteiger partial charge in [-0.15, -0.1) is 0 Å². The highest BCUT2D eigenvalue weighted by atomic mass is 79.9. The summed E-state index contributed by atoms with van der Waals surface area (Å²) in [6.07, 6.45) is 1.64. The fraction of sp³-hybridized carbons (Fsp3) is 0.375. The van der Waals surface area contributed by atoms with Gasteiger partial charge in [-0.1, -0.05) is 39.3 Å². The minimum atomic E-state index is 0.0342. The van der Waals surface area contributed by atoms with Crippen molar-refractivity contribution >= 4 is 21.8 Å². The molecular weight excluding hydrogens is 472 g/mol. The van der Waals surface area contributed by atoms with Crippen LogP contribution in [0.3, 0.4) is 0 Å². The van der Waals surface area contributed by atoms with E-state index in [1.807, 2.05) is 55.6 Å². The van der Waals surface area contributed by atoms with Crippen molar-refractivity contribution in [2.75, 3.05) is 27.2 Å². The highest BCUT2D eigenvalue weighted by Crippen LogP contribution is 2.24. The summed E-state index contributed by atoms with van der Waals surface area (Å²) in [6.45, 7) is 2.80. The lowest BCUT2D eigenvalue weighted by atomic mass is 9.95. The number of nitrogens with zero attached hydrogens (tertiary/aromatic N) is 4. The molecule has 0 unspecified atom stereocenters. The lowest BCUT2D eigenvalue weighted by Crippen LogP contribution is -2.40. The van der Waals surface area contributed by atoms with Gasteiger partial charge in [0.2, 0.25) is 17.6 Å². The third-order valence-corrected chi connectivity index (χ3v) is 6.37. The molecule has 32 heavy (non-hydrogen) atoms. The van der Waals surface area contributed by atoms with Gasteiger partial charge in [0.25, 0.3) is 0 Å². The van der Waals surface area contributed by atoms with Crippen LogP contribution in [0.1, 0.15) is 24.3 Å². The third kappa shape index (κ3) is 5.37. The first-order chi connectivity index (χ1) is 15.5. The minimum absolute atomic E-state index is 0.0342. The second-order valence-corrected chi connectivity index (χ2v) is 8.99. The van der Waals surface area contributed by atoms with E-state index in [4.69, 9.17) is 9.26 Å². The maximum Gasteiger partial charge on any atom is 0.241 e. The molecule has 168 valence electrons. The molecule has 3 aromatic rings. The van der Waals surface area contributed by atoms with Gasteiger partial charge in [-0.2, -0.15) is 4.98 Å². The summed E-state index contributed by atoms with van der Waals surface area (Å²) in [5, 5.41) is 4.10. The van der Waals surface area contributed by atoms with Crippen LogP contribution in [0.2, 0.25) is 0 Å². The molecule has 4 rings (SSSR count). The summed E-state index contributed by atoms with van der Waals surface area (Å²) < 4.78 is 11.9. The van der Waals surface area contributed by atoms with Crippen molar-refractivity contribution in [3.05, 3.63) is 64.5 Å². The molecule has 8 heteroatoms. The van der Waals surface area contributed by atoms with E-state index >= 15 is 0 Å². The molecule has 0 radical (unpaired) electrons. The minimum Gasteiger partial charge on any atom is -0.496 e. The molecule has 1 aromatic heterocycles. The molecule has 2 heterocycles. The molecular formula is C24H27BrN4O3. The maximum atomic E-state index is 13.0. The van der Waals surface area contributed by atoms with Gasteiger partial charge in [-0.3, -0.25) is 9.69 Å². The van der Waals surface area contributed by atoms with E-state index in [1.165, 1.54) is 0 Å². The molecule has 0 N–H and O–H groups in total. The lowest BCUT2D eigenvalue weighted by molar-refractivity contribution is -0.136. The number of likely N-dealkylation sites (tertiary alicyclic amines) is 1. The number of para-hydroxylation sites is 1. The summed E-state index contributed by atoms with van der Waals surface area (Å²) in [5.74, 6) is 2.22. The van der Waals surface area contributed by atoms with Crippen molar-refractivity contribution < 1.29 is 14.1 Å². The summed E-state index contributed by atoms with van der Waals surface area (Å²) in [5.41, 5.74) is 1.94. The largest absolute Gasteiger partial charge is 0.496 e. The van der Waals surface area contributed by atoms with E-state index in [-0.39, 0.29) is 11.8 Å². The van der Waals surface area contributed by atoms with Crippen LogP contribution in [0.5, 0.6) is 5.75 Å². The Bertz CT molecular complexity index is 1050. The van der Waals surface area contributed by atoms with Crippen molar-refractivity contribution in [3.63, 3.8) is 0 Å². The predicted octanol–water partition coefficient (Wildman–Crippen LogP) is 4.38. The number of hydrogen-bond acceptors (Lipinski definition) is 6. The standard InChI is InChI=1S/C24H27BrN4O3/c1-28(15-19-5-3-4-6-21(19)31-2)24(30)18-11-13-29(14-12-18)16-22-26-23(27-32-22)17-7-9-20(25)10-8-17/h3-10,18H,11-16H2,1-2H3. The van der Waals surface area contributed by atoms with Gasteiger partial charge < -0.3 is 14.2 Å². The maximum absolute atomic E-state index is 13.0. The Kier molecular flexibility index (Phi) is 7.22. The van der Waals surface area contributed by atoms with E-state index in [9.17, 15) is 4.79 Å². The molecule has 0 saturated carbocycles.